The maximum absolute atomic E-state index is 6.50. The molecule has 0 heterocycles. The van der Waals surface area contributed by atoms with Crippen LogP contribution >= 0.6 is 46.4 Å². The van der Waals surface area contributed by atoms with E-state index in [0.717, 1.165) is 0 Å². The van der Waals surface area contributed by atoms with Crippen molar-refractivity contribution in [3.05, 3.63) is 8.98 Å². The normalized spacial score (nSPS) is 5.20. The van der Waals surface area contributed by atoms with Crippen molar-refractivity contribution >= 4 is 46.4 Å². The van der Waals surface area contributed by atoms with E-state index in [1.165, 1.54) is 0 Å². The van der Waals surface area contributed by atoms with Gasteiger partial charge in [-0.05, 0) is 0 Å². The predicted octanol–water partition coefficient (Wildman–Crippen LogP) is 3.35. The maximum Gasteiger partial charge on any atom is 0.136 e. The van der Waals surface area contributed by atoms with Crippen LogP contribution in [-0.2, 0) is 0 Å². The highest BCUT2D eigenvalue weighted by Gasteiger charge is 1.88. The molecule has 56 valence electrons. The first-order chi connectivity index (χ1) is 4.64. The Morgan fingerprint density at radius 1 is 0.700 bits per heavy atom. The zero-order valence-corrected chi connectivity index (χ0v) is 7.58. The average Bonchev–Trinajstić information content (AvgIpc) is 1.96. The van der Waals surface area contributed by atoms with Crippen molar-refractivity contribution in [2.45, 2.75) is 0 Å². The summed E-state index contributed by atoms with van der Waals surface area (Å²) in [7, 11) is 0. The van der Waals surface area contributed by atoms with Crippen LogP contribution in [-0.4, -0.2) is 0 Å². The molecule has 10 heavy (non-hydrogen) atoms. The fraction of sp³-hybridized carbons (Fsp3) is 0. The predicted molar refractivity (Wildman–Crippen MR) is 43.8 cm³/mol. The number of hydrogen-bond acceptors (Lipinski definition) is 2. The number of hydrogen-bond donors (Lipinski definition) is 0. The molecule has 0 aliphatic heterocycles. The Labute approximate surface area is 79.2 Å². The summed E-state index contributed by atoms with van der Waals surface area (Å²) in [5.74, 6) is 0. The van der Waals surface area contributed by atoms with Crippen LogP contribution in [0.2, 0.25) is 0 Å². The van der Waals surface area contributed by atoms with E-state index in [9.17, 15) is 0 Å². The SMILES string of the molecule is C#N.C#N.ClC(Cl)=C(Cl)Cl. The summed E-state index contributed by atoms with van der Waals surface area (Å²) >= 11 is 20.0. The van der Waals surface area contributed by atoms with E-state index in [2.05, 4.69) is 13.1 Å². The summed E-state index contributed by atoms with van der Waals surface area (Å²) in [5.41, 5.74) is 0. The van der Waals surface area contributed by atoms with Gasteiger partial charge in [0.1, 0.15) is 8.98 Å². The van der Waals surface area contributed by atoms with Crippen molar-refractivity contribution in [3.63, 3.8) is 0 Å². The standard InChI is InChI=1S/C2Cl4.2CHN/c3-1(4)2(5)6;2*1-2/h;2*1H. The molecule has 0 rings (SSSR count). The Morgan fingerprint density at radius 2 is 0.800 bits per heavy atom. The van der Waals surface area contributed by atoms with E-state index in [-0.39, 0.29) is 8.98 Å². The number of halogens is 4. The summed E-state index contributed by atoms with van der Waals surface area (Å²) in [6.45, 7) is 7.00. The minimum atomic E-state index is -0.0988. The van der Waals surface area contributed by atoms with Crippen molar-refractivity contribution < 1.29 is 0 Å². The molecule has 2 nitrogen and oxygen atoms in total. The van der Waals surface area contributed by atoms with Crippen LogP contribution in [0.15, 0.2) is 8.98 Å². The van der Waals surface area contributed by atoms with Gasteiger partial charge in [0.15, 0.2) is 0 Å². The molecule has 0 radical (unpaired) electrons. The van der Waals surface area contributed by atoms with Crippen molar-refractivity contribution in [2.24, 2.45) is 0 Å². The van der Waals surface area contributed by atoms with Gasteiger partial charge in [0.2, 0.25) is 0 Å². The summed E-state index contributed by atoms with van der Waals surface area (Å²) in [6, 6.07) is 0. The molecule has 0 fully saturated rings. The molecule has 6 heteroatoms. The van der Waals surface area contributed by atoms with Gasteiger partial charge in [-0.1, -0.05) is 46.4 Å². The zero-order valence-electron chi connectivity index (χ0n) is 4.56. The molecule has 0 aliphatic rings. The molecule has 0 saturated heterocycles. The first kappa shape index (κ1) is 16.5. The zero-order chi connectivity index (χ0) is 9.15. The summed E-state index contributed by atoms with van der Waals surface area (Å²) in [5, 5.41) is 13.0. The number of nitriles is 2. The van der Waals surface area contributed by atoms with E-state index in [0.29, 0.717) is 0 Å². The lowest BCUT2D eigenvalue weighted by Gasteiger charge is -1.75. The minimum Gasteiger partial charge on any atom is -0.202 e. The van der Waals surface area contributed by atoms with Gasteiger partial charge in [-0.25, -0.2) is 10.5 Å². The molecule has 0 aliphatic carbocycles. The lowest BCUT2D eigenvalue weighted by Crippen LogP contribution is -1.47. The first-order valence-corrected chi connectivity index (χ1v) is 3.03. The van der Waals surface area contributed by atoms with Crippen LogP contribution in [0.1, 0.15) is 0 Å². The van der Waals surface area contributed by atoms with E-state index in [4.69, 9.17) is 56.9 Å². The first-order valence-electron chi connectivity index (χ1n) is 1.52. The smallest absolute Gasteiger partial charge is 0.136 e. The Hall–Kier alpha value is -0.120. The molecular formula is C4H2Cl4N2. The Bertz CT molecular complexity index is 113. The second-order valence-electron chi connectivity index (χ2n) is 0.521. The van der Waals surface area contributed by atoms with Crippen LogP contribution in [0, 0.1) is 23.7 Å². The van der Waals surface area contributed by atoms with Gasteiger partial charge in [0.25, 0.3) is 0 Å². The van der Waals surface area contributed by atoms with Gasteiger partial charge < -0.3 is 0 Å². The third-order valence-electron chi connectivity index (χ3n) is 0.143. The van der Waals surface area contributed by atoms with Gasteiger partial charge in [0, 0.05) is 13.1 Å². The van der Waals surface area contributed by atoms with Crippen LogP contribution in [0.3, 0.4) is 0 Å². The molecule has 0 amide bonds. The highest BCUT2D eigenvalue weighted by Crippen LogP contribution is 2.20. The fourth-order valence-electron chi connectivity index (χ4n) is 0. The second-order valence-corrected chi connectivity index (χ2v) is 2.42. The molecular weight excluding hydrogens is 218 g/mol. The minimum absolute atomic E-state index is 0.0988. The quantitative estimate of drug-likeness (QED) is 0.628. The van der Waals surface area contributed by atoms with Crippen molar-refractivity contribution in [1.82, 2.24) is 0 Å². The molecule has 0 aromatic carbocycles. The molecule has 0 bridgehead atoms. The maximum atomic E-state index is 6.50. The molecule has 0 spiro atoms. The Balaban J connectivity index is -0.000000105. The Morgan fingerprint density at radius 3 is 0.800 bits per heavy atom. The van der Waals surface area contributed by atoms with Crippen molar-refractivity contribution in [1.29, 1.82) is 10.5 Å². The van der Waals surface area contributed by atoms with Crippen molar-refractivity contribution in [3.8, 4) is 13.1 Å². The number of nitrogens with zero attached hydrogens (tertiary/aromatic N) is 2. The van der Waals surface area contributed by atoms with Crippen LogP contribution in [0.25, 0.3) is 0 Å². The molecule has 0 unspecified atom stereocenters. The van der Waals surface area contributed by atoms with E-state index in [1.807, 2.05) is 0 Å². The highest BCUT2D eigenvalue weighted by atomic mass is 35.5. The van der Waals surface area contributed by atoms with Gasteiger partial charge in [-0.2, -0.15) is 0 Å². The van der Waals surface area contributed by atoms with Gasteiger partial charge in [-0.3, -0.25) is 0 Å². The lowest BCUT2D eigenvalue weighted by atomic mass is 11.2. The summed E-state index contributed by atoms with van der Waals surface area (Å²) in [6.07, 6.45) is 0. The monoisotopic (exact) mass is 218 g/mol. The molecule has 0 saturated carbocycles. The van der Waals surface area contributed by atoms with Gasteiger partial charge in [0.05, 0.1) is 0 Å². The molecule has 0 aromatic heterocycles. The Kier molecular flexibility index (Phi) is 26.2. The van der Waals surface area contributed by atoms with Gasteiger partial charge >= 0.3 is 0 Å². The third-order valence-corrected chi connectivity index (χ3v) is 1.29. The highest BCUT2D eigenvalue weighted by molar-refractivity contribution is 6.67. The van der Waals surface area contributed by atoms with Crippen LogP contribution in [0.5, 0.6) is 0 Å². The molecule has 0 atom stereocenters. The molecule has 0 N–H and O–H groups in total. The average molecular weight is 220 g/mol. The van der Waals surface area contributed by atoms with Crippen LogP contribution < -0.4 is 0 Å². The largest absolute Gasteiger partial charge is 0.202 e. The summed E-state index contributed by atoms with van der Waals surface area (Å²) < 4.78 is -0.198. The van der Waals surface area contributed by atoms with Gasteiger partial charge in [-0.15, -0.1) is 0 Å². The van der Waals surface area contributed by atoms with E-state index in [1.54, 1.807) is 0 Å². The lowest BCUT2D eigenvalue weighted by molar-refractivity contribution is 1.58. The summed E-state index contributed by atoms with van der Waals surface area (Å²) in [4.78, 5) is 0. The topological polar surface area (TPSA) is 47.6 Å². The second kappa shape index (κ2) is 15.9. The molecule has 0 aromatic rings. The third kappa shape index (κ3) is 24.8. The van der Waals surface area contributed by atoms with E-state index >= 15 is 0 Å². The van der Waals surface area contributed by atoms with Crippen LogP contribution in [0.4, 0.5) is 0 Å². The van der Waals surface area contributed by atoms with Crippen molar-refractivity contribution in [2.75, 3.05) is 0 Å². The van der Waals surface area contributed by atoms with E-state index < -0.39 is 0 Å². The number of rotatable bonds is 0. The fourth-order valence-corrected chi connectivity index (χ4v) is 0.